The van der Waals surface area contributed by atoms with Crippen molar-refractivity contribution in [2.45, 2.75) is 55.8 Å². The summed E-state index contributed by atoms with van der Waals surface area (Å²) >= 11 is 0. The number of hydrogen-bond acceptors (Lipinski definition) is 4. The molecule has 4 atom stereocenters. The maximum absolute atomic E-state index is 14.1. The van der Waals surface area contributed by atoms with Gasteiger partial charge in [-0.3, -0.25) is 4.79 Å². The molecule has 0 spiro atoms. The van der Waals surface area contributed by atoms with Crippen LogP contribution in [-0.2, 0) is 16.8 Å². The van der Waals surface area contributed by atoms with Gasteiger partial charge >= 0.3 is 0 Å². The molecule has 4 N–H and O–H groups in total. The van der Waals surface area contributed by atoms with Crippen LogP contribution in [0.5, 0.6) is 0 Å². The standard InChI is InChI=1S/C26H31N3O2/c27-23-21-11-10-18(12-17-6-2-1-3-7-17)13-22(21)26(31,19-8-4-5-9-19)24(30)29(23)25-14-20(25)15-28-16-25/h1-3,6-7,10-11,13,19-20,23,28,31H,4-5,8-9,12,14-16,27H2/t20-,23?,25?,26+/m0/s1. The van der Waals surface area contributed by atoms with E-state index in [1.165, 1.54) is 5.56 Å². The fraction of sp³-hybridized carbons (Fsp3) is 0.500. The third-order valence-electron chi connectivity index (χ3n) is 8.37. The SMILES string of the molecule is NC1c2ccc(Cc3ccccc3)cc2[C@](O)(C2CCCC2)C(=O)N1C12CNC[C@@H]1C2. The van der Waals surface area contributed by atoms with Gasteiger partial charge in [0.15, 0.2) is 5.60 Å². The molecule has 162 valence electrons. The van der Waals surface area contributed by atoms with Crippen molar-refractivity contribution in [2.24, 2.45) is 17.6 Å². The van der Waals surface area contributed by atoms with Crippen LogP contribution in [0.15, 0.2) is 48.5 Å². The molecule has 5 nitrogen and oxygen atoms in total. The van der Waals surface area contributed by atoms with Crippen molar-refractivity contribution in [3.05, 3.63) is 70.8 Å². The number of nitrogens with one attached hydrogen (secondary N) is 1. The molecular weight excluding hydrogens is 386 g/mol. The third kappa shape index (κ3) is 2.76. The van der Waals surface area contributed by atoms with Crippen LogP contribution in [0.1, 0.15) is 60.5 Å². The lowest BCUT2D eigenvalue weighted by Gasteiger charge is -2.49. The number of benzene rings is 2. The first-order chi connectivity index (χ1) is 15.0. The minimum absolute atomic E-state index is 0.0383. The van der Waals surface area contributed by atoms with Gasteiger partial charge < -0.3 is 21.1 Å². The molecule has 2 unspecified atom stereocenters. The summed E-state index contributed by atoms with van der Waals surface area (Å²) in [6.45, 7) is 1.71. The summed E-state index contributed by atoms with van der Waals surface area (Å²) in [7, 11) is 0. The average Bonchev–Trinajstić information content (AvgIpc) is 3.15. The van der Waals surface area contributed by atoms with E-state index in [0.29, 0.717) is 5.92 Å². The van der Waals surface area contributed by atoms with Crippen LogP contribution in [0.3, 0.4) is 0 Å². The zero-order valence-corrected chi connectivity index (χ0v) is 17.9. The van der Waals surface area contributed by atoms with Crippen LogP contribution < -0.4 is 11.1 Å². The van der Waals surface area contributed by atoms with Crippen molar-refractivity contribution in [3.63, 3.8) is 0 Å². The summed E-state index contributed by atoms with van der Waals surface area (Å²) in [6.07, 6.45) is 5.19. The van der Waals surface area contributed by atoms with E-state index in [0.717, 1.165) is 68.3 Å². The van der Waals surface area contributed by atoms with Crippen LogP contribution in [-0.4, -0.2) is 34.5 Å². The van der Waals surface area contributed by atoms with Gasteiger partial charge in [-0.05, 0) is 48.3 Å². The molecule has 1 saturated heterocycles. The van der Waals surface area contributed by atoms with Gasteiger partial charge in [0.05, 0.1) is 5.54 Å². The van der Waals surface area contributed by atoms with E-state index >= 15 is 0 Å². The Hall–Kier alpha value is -2.21. The van der Waals surface area contributed by atoms with E-state index in [1.54, 1.807) is 0 Å². The van der Waals surface area contributed by atoms with Crippen molar-refractivity contribution in [3.8, 4) is 0 Å². The minimum Gasteiger partial charge on any atom is -0.375 e. The number of rotatable bonds is 4. The fourth-order valence-electron chi connectivity index (χ4n) is 6.60. The van der Waals surface area contributed by atoms with Crippen LogP contribution in [0, 0.1) is 11.8 Å². The topological polar surface area (TPSA) is 78.6 Å². The van der Waals surface area contributed by atoms with Gasteiger partial charge in [0, 0.05) is 24.6 Å². The molecular formula is C26H31N3O2. The number of carbonyl (C=O) groups is 1. The number of piperidine rings is 1. The second-order valence-electron chi connectivity index (χ2n) is 10.1. The molecule has 5 heteroatoms. The van der Waals surface area contributed by atoms with Crippen LogP contribution in [0.4, 0.5) is 0 Å². The van der Waals surface area contributed by atoms with Gasteiger partial charge in [0.2, 0.25) is 0 Å². The molecule has 0 bridgehead atoms. The van der Waals surface area contributed by atoms with Gasteiger partial charge in [-0.25, -0.2) is 0 Å². The molecule has 1 amide bonds. The summed E-state index contributed by atoms with van der Waals surface area (Å²) in [5.41, 5.74) is 9.06. The lowest BCUT2D eigenvalue weighted by Crippen LogP contribution is -2.62. The molecule has 3 fully saturated rings. The van der Waals surface area contributed by atoms with E-state index in [-0.39, 0.29) is 17.4 Å². The van der Waals surface area contributed by atoms with E-state index in [9.17, 15) is 9.90 Å². The lowest BCUT2D eigenvalue weighted by molar-refractivity contribution is -0.169. The summed E-state index contributed by atoms with van der Waals surface area (Å²) in [6, 6.07) is 16.6. The van der Waals surface area contributed by atoms with Gasteiger partial charge in [0.1, 0.15) is 6.17 Å². The highest BCUT2D eigenvalue weighted by molar-refractivity contribution is 5.91. The maximum Gasteiger partial charge on any atom is 0.261 e. The fourth-order valence-corrected chi connectivity index (χ4v) is 6.60. The smallest absolute Gasteiger partial charge is 0.261 e. The summed E-state index contributed by atoms with van der Waals surface area (Å²) in [5.74, 6) is 0.250. The Kier molecular flexibility index (Phi) is 4.33. The third-order valence-corrected chi connectivity index (χ3v) is 8.37. The predicted molar refractivity (Wildman–Crippen MR) is 119 cm³/mol. The minimum atomic E-state index is -1.47. The molecule has 2 aromatic carbocycles. The Morgan fingerprint density at radius 2 is 1.84 bits per heavy atom. The molecule has 0 aromatic heterocycles. The molecule has 2 aromatic rings. The predicted octanol–water partition coefficient (Wildman–Crippen LogP) is 2.82. The largest absolute Gasteiger partial charge is 0.375 e. The molecule has 31 heavy (non-hydrogen) atoms. The van der Waals surface area contributed by atoms with Crippen molar-refractivity contribution in [1.82, 2.24) is 10.2 Å². The highest BCUT2D eigenvalue weighted by atomic mass is 16.3. The van der Waals surface area contributed by atoms with Crippen molar-refractivity contribution < 1.29 is 9.90 Å². The van der Waals surface area contributed by atoms with Crippen molar-refractivity contribution >= 4 is 5.91 Å². The Balaban J connectivity index is 1.45. The summed E-state index contributed by atoms with van der Waals surface area (Å²) < 4.78 is 0. The quantitative estimate of drug-likeness (QED) is 0.715. The monoisotopic (exact) mass is 417 g/mol. The average molecular weight is 418 g/mol. The second kappa shape index (κ2) is 6.89. The number of amides is 1. The van der Waals surface area contributed by atoms with E-state index < -0.39 is 11.8 Å². The first-order valence-corrected chi connectivity index (χ1v) is 11.7. The van der Waals surface area contributed by atoms with Gasteiger partial charge in [0.25, 0.3) is 5.91 Å². The Morgan fingerprint density at radius 1 is 1.06 bits per heavy atom. The first-order valence-electron chi connectivity index (χ1n) is 11.7. The Bertz CT molecular complexity index is 1020. The van der Waals surface area contributed by atoms with Gasteiger partial charge in [-0.15, -0.1) is 0 Å². The normalized spacial score (nSPS) is 34.6. The number of fused-ring (bicyclic) bond motifs is 2. The van der Waals surface area contributed by atoms with Gasteiger partial charge in [-0.2, -0.15) is 0 Å². The summed E-state index contributed by atoms with van der Waals surface area (Å²) in [4.78, 5) is 15.9. The van der Waals surface area contributed by atoms with Crippen LogP contribution >= 0.6 is 0 Å². The second-order valence-corrected chi connectivity index (χ2v) is 10.1. The molecule has 6 rings (SSSR count). The molecule has 2 heterocycles. The highest BCUT2D eigenvalue weighted by Gasteiger charge is 2.67. The number of aliphatic hydroxyl groups is 1. The number of hydrogen-bond donors (Lipinski definition) is 3. The van der Waals surface area contributed by atoms with Gasteiger partial charge in [-0.1, -0.05) is 61.4 Å². The number of carbonyl (C=O) groups excluding carboxylic acids is 1. The zero-order chi connectivity index (χ0) is 21.2. The number of nitrogens with two attached hydrogens (primary N) is 1. The number of nitrogens with zero attached hydrogens (tertiary/aromatic N) is 1. The first kappa shape index (κ1) is 19.5. The molecule has 2 saturated carbocycles. The zero-order valence-electron chi connectivity index (χ0n) is 17.9. The maximum atomic E-state index is 14.1. The molecule has 4 aliphatic rings. The molecule has 2 aliphatic heterocycles. The van der Waals surface area contributed by atoms with E-state index in [4.69, 9.17) is 5.73 Å². The van der Waals surface area contributed by atoms with Crippen LogP contribution in [0.2, 0.25) is 0 Å². The van der Waals surface area contributed by atoms with E-state index in [2.05, 4.69) is 35.6 Å². The highest BCUT2D eigenvalue weighted by Crippen LogP contribution is 2.57. The van der Waals surface area contributed by atoms with Crippen molar-refractivity contribution in [2.75, 3.05) is 13.1 Å². The van der Waals surface area contributed by atoms with Crippen LogP contribution in [0.25, 0.3) is 0 Å². The van der Waals surface area contributed by atoms with E-state index in [1.807, 2.05) is 23.1 Å². The van der Waals surface area contributed by atoms with Crippen molar-refractivity contribution in [1.29, 1.82) is 0 Å². The summed E-state index contributed by atoms with van der Waals surface area (Å²) in [5, 5.41) is 15.6. The lowest BCUT2D eigenvalue weighted by atomic mass is 9.73. The Morgan fingerprint density at radius 3 is 2.52 bits per heavy atom. The molecule has 0 radical (unpaired) electrons. The molecule has 2 aliphatic carbocycles. The Labute approximate surface area is 183 Å².